The van der Waals surface area contributed by atoms with Crippen LogP contribution in [0.4, 0.5) is 0 Å². The Hall–Kier alpha value is -1.57. The highest BCUT2D eigenvalue weighted by Crippen LogP contribution is 2.20. The van der Waals surface area contributed by atoms with Gasteiger partial charge in [-0.05, 0) is 30.2 Å². The van der Waals surface area contributed by atoms with Crippen LogP contribution in [0.2, 0.25) is 0 Å². The van der Waals surface area contributed by atoms with Crippen molar-refractivity contribution in [3.8, 4) is 0 Å². The van der Waals surface area contributed by atoms with E-state index in [-0.39, 0.29) is 0 Å². The van der Waals surface area contributed by atoms with Gasteiger partial charge in [0.15, 0.2) is 0 Å². The van der Waals surface area contributed by atoms with E-state index in [1.54, 1.807) is 0 Å². The maximum atomic E-state index is 10.5. The number of aldehydes is 1. The van der Waals surface area contributed by atoms with Crippen molar-refractivity contribution in [2.45, 2.75) is 19.8 Å². The smallest absolute Gasteiger partial charge is 0.125 e. The van der Waals surface area contributed by atoms with E-state index in [4.69, 9.17) is 0 Å². The van der Waals surface area contributed by atoms with Gasteiger partial charge >= 0.3 is 0 Å². The maximum Gasteiger partial charge on any atom is 0.125 e. The summed E-state index contributed by atoms with van der Waals surface area (Å²) in [6.45, 7) is 2.15. The predicted molar refractivity (Wildman–Crippen MR) is 62.1 cm³/mol. The fourth-order valence-corrected chi connectivity index (χ4v) is 1.96. The molecule has 15 heavy (non-hydrogen) atoms. The van der Waals surface area contributed by atoms with Gasteiger partial charge in [-0.3, -0.25) is 0 Å². The summed E-state index contributed by atoms with van der Waals surface area (Å²) < 4.78 is 2.09. The third-order valence-electron chi connectivity index (χ3n) is 2.91. The molecule has 0 atom stereocenters. The van der Waals surface area contributed by atoms with Crippen LogP contribution in [0.15, 0.2) is 24.3 Å². The summed E-state index contributed by atoms with van der Waals surface area (Å²) in [6.07, 6.45) is 2.50. The van der Waals surface area contributed by atoms with Gasteiger partial charge < -0.3 is 9.36 Å². The highest BCUT2D eigenvalue weighted by Gasteiger charge is 2.05. The van der Waals surface area contributed by atoms with Gasteiger partial charge in [-0.25, -0.2) is 0 Å². The quantitative estimate of drug-likeness (QED) is 0.699. The van der Waals surface area contributed by atoms with Crippen molar-refractivity contribution < 1.29 is 4.79 Å². The standard InChI is InChI=1S/C13H15NO/c1-3-10-4-5-13-11(8-10)9-12(6-7-15)14(13)2/h4-5,7-9H,3,6H2,1-2H3. The average molecular weight is 201 g/mol. The number of rotatable bonds is 3. The molecule has 0 saturated carbocycles. The number of benzene rings is 1. The van der Waals surface area contributed by atoms with E-state index in [0.717, 1.165) is 18.4 Å². The molecule has 0 aliphatic rings. The lowest BCUT2D eigenvalue weighted by Gasteiger charge is -2.01. The van der Waals surface area contributed by atoms with Crippen molar-refractivity contribution in [3.05, 3.63) is 35.5 Å². The van der Waals surface area contributed by atoms with E-state index >= 15 is 0 Å². The summed E-state index contributed by atoms with van der Waals surface area (Å²) >= 11 is 0. The summed E-state index contributed by atoms with van der Waals surface area (Å²) in [5, 5.41) is 1.23. The first-order valence-electron chi connectivity index (χ1n) is 5.27. The summed E-state index contributed by atoms with van der Waals surface area (Å²) in [5.41, 5.74) is 3.61. The molecule has 0 unspecified atom stereocenters. The highest BCUT2D eigenvalue weighted by atomic mass is 16.1. The zero-order valence-electron chi connectivity index (χ0n) is 9.16. The Morgan fingerprint density at radius 2 is 2.13 bits per heavy atom. The van der Waals surface area contributed by atoms with Crippen molar-refractivity contribution >= 4 is 17.2 Å². The zero-order valence-corrected chi connectivity index (χ0v) is 9.16. The van der Waals surface area contributed by atoms with Crippen LogP contribution >= 0.6 is 0 Å². The van der Waals surface area contributed by atoms with Crippen LogP contribution in [0.25, 0.3) is 10.9 Å². The van der Waals surface area contributed by atoms with E-state index in [2.05, 4.69) is 35.8 Å². The summed E-state index contributed by atoms with van der Waals surface area (Å²) in [6, 6.07) is 8.57. The molecule has 1 aromatic heterocycles. The lowest BCUT2D eigenvalue weighted by atomic mass is 10.1. The first kappa shape index (κ1) is 9.97. The van der Waals surface area contributed by atoms with Crippen molar-refractivity contribution in [1.82, 2.24) is 4.57 Å². The lowest BCUT2D eigenvalue weighted by Crippen LogP contribution is -1.96. The van der Waals surface area contributed by atoms with Gasteiger partial charge in [0, 0.05) is 30.1 Å². The fourth-order valence-electron chi connectivity index (χ4n) is 1.96. The molecule has 0 N–H and O–H groups in total. The first-order valence-corrected chi connectivity index (χ1v) is 5.27. The van der Waals surface area contributed by atoms with Crippen molar-refractivity contribution in [2.75, 3.05) is 0 Å². The van der Waals surface area contributed by atoms with Gasteiger partial charge in [-0.15, -0.1) is 0 Å². The lowest BCUT2D eigenvalue weighted by molar-refractivity contribution is -0.107. The Kier molecular flexibility index (Phi) is 2.58. The summed E-state index contributed by atoms with van der Waals surface area (Å²) in [7, 11) is 2.01. The molecule has 2 rings (SSSR count). The normalized spacial score (nSPS) is 10.8. The van der Waals surface area contributed by atoms with E-state index < -0.39 is 0 Å². The molecule has 0 saturated heterocycles. The van der Waals surface area contributed by atoms with Crippen molar-refractivity contribution in [3.63, 3.8) is 0 Å². The molecule has 1 aromatic carbocycles. The molecule has 1 heterocycles. The molecule has 0 spiro atoms. The van der Waals surface area contributed by atoms with Crippen LogP contribution in [-0.4, -0.2) is 10.9 Å². The molecule has 0 radical (unpaired) electrons. The van der Waals surface area contributed by atoms with Gasteiger partial charge in [-0.1, -0.05) is 13.0 Å². The largest absolute Gasteiger partial charge is 0.347 e. The number of hydrogen-bond acceptors (Lipinski definition) is 1. The second kappa shape index (κ2) is 3.89. The number of aryl methyl sites for hydroxylation is 2. The molecular formula is C13H15NO. The van der Waals surface area contributed by atoms with Crippen molar-refractivity contribution in [2.24, 2.45) is 7.05 Å². The Balaban J connectivity index is 2.59. The van der Waals surface area contributed by atoms with E-state index in [0.29, 0.717) is 6.42 Å². The van der Waals surface area contributed by atoms with Gasteiger partial charge in [0.05, 0.1) is 0 Å². The third-order valence-corrected chi connectivity index (χ3v) is 2.91. The van der Waals surface area contributed by atoms with Gasteiger partial charge in [0.25, 0.3) is 0 Å². The first-order chi connectivity index (χ1) is 7.26. The van der Waals surface area contributed by atoms with Crippen LogP contribution in [0.3, 0.4) is 0 Å². The molecule has 0 amide bonds. The number of carbonyl (C=O) groups excluding carboxylic acids is 1. The average Bonchev–Trinajstić information content (AvgIpc) is 2.56. The van der Waals surface area contributed by atoms with Crippen molar-refractivity contribution in [1.29, 1.82) is 0 Å². The Morgan fingerprint density at radius 3 is 2.80 bits per heavy atom. The summed E-state index contributed by atoms with van der Waals surface area (Å²) in [4.78, 5) is 10.5. The number of carbonyl (C=O) groups is 1. The Bertz CT molecular complexity index is 496. The topological polar surface area (TPSA) is 22.0 Å². The Labute approximate surface area is 89.5 Å². The fraction of sp³-hybridized carbons (Fsp3) is 0.308. The van der Waals surface area contributed by atoms with Gasteiger partial charge in [-0.2, -0.15) is 0 Å². The molecular weight excluding hydrogens is 186 g/mol. The molecule has 0 aliphatic carbocycles. The van der Waals surface area contributed by atoms with Gasteiger partial charge in [0.2, 0.25) is 0 Å². The summed E-state index contributed by atoms with van der Waals surface area (Å²) in [5.74, 6) is 0. The second-order valence-electron chi connectivity index (χ2n) is 3.81. The minimum absolute atomic E-state index is 0.493. The van der Waals surface area contributed by atoms with Crippen LogP contribution in [0, 0.1) is 0 Å². The monoisotopic (exact) mass is 201 g/mol. The predicted octanol–water partition coefficient (Wildman–Crippen LogP) is 2.48. The molecule has 2 nitrogen and oxygen atoms in total. The molecule has 0 aliphatic heterocycles. The van der Waals surface area contributed by atoms with E-state index in [9.17, 15) is 4.79 Å². The van der Waals surface area contributed by atoms with Gasteiger partial charge in [0.1, 0.15) is 6.29 Å². The van der Waals surface area contributed by atoms with Crippen LogP contribution in [-0.2, 0) is 24.7 Å². The zero-order chi connectivity index (χ0) is 10.8. The number of fused-ring (bicyclic) bond motifs is 1. The second-order valence-corrected chi connectivity index (χ2v) is 3.81. The van der Waals surface area contributed by atoms with E-state index in [1.165, 1.54) is 16.5 Å². The number of aromatic nitrogens is 1. The number of nitrogens with zero attached hydrogens (tertiary/aromatic N) is 1. The molecule has 2 heteroatoms. The van der Waals surface area contributed by atoms with E-state index in [1.807, 2.05) is 7.05 Å². The molecule has 0 bridgehead atoms. The molecule has 2 aromatic rings. The SMILES string of the molecule is CCc1ccc2c(c1)cc(CC=O)n2C. The van der Waals surface area contributed by atoms with Crippen LogP contribution in [0.1, 0.15) is 18.2 Å². The maximum absolute atomic E-state index is 10.5. The number of hydrogen-bond donors (Lipinski definition) is 0. The minimum atomic E-state index is 0.493. The van der Waals surface area contributed by atoms with Crippen LogP contribution < -0.4 is 0 Å². The third kappa shape index (κ3) is 1.67. The Morgan fingerprint density at radius 1 is 1.33 bits per heavy atom. The highest BCUT2D eigenvalue weighted by molar-refractivity contribution is 5.82. The minimum Gasteiger partial charge on any atom is -0.347 e. The molecule has 78 valence electrons. The molecule has 0 fully saturated rings. The van der Waals surface area contributed by atoms with Crippen LogP contribution in [0.5, 0.6) is 0 Å².